The molecule has 0 unspecified atom stereocenters. The second-order valence-electron chi connectivity index (χ2n) is 6.31. The number of piperidine rings is 1. The van der Waals surface area contributed by atoms with Crippen LogP contribution in [0.15, 0.2) is 24.3 Å². The maximum absolute atomic E-state index is 11.9. The third-order valence-electron chi connectivity index (χ3n) is 4.53. The first-order valence-electron chi connectivity index (χ1n) is 8.79. The third-order valence-corrected chi connectivity index (χ3v) is 4.53. The van der Waals surface area contributed by atoms with Gasteiger partial charge in [0, 0.05) is 12.5 Å². The molecular weight excluding hydrogens is 320 g/mol. The van der Waals surface area contributed by atoms with Crippen molar-refractivity contribution in [3.05, 3.63) is 24.3 Å². The molecule has 1 heterocycles. The lowest BCUT2D eigenvalue weighted by Crippen LogP contribution is -2.39. The number of ether oxygens (including phenoxy) is 1. The average molecular weight is 348 g/mol. The van der Waals surface area contributed by atoms with Crippen molar-refractivity contribution in [1.82, 2.24) is 10.2 Å². The van der Waals surface area contributed by atoms with Crippen LogP contribution < -0.4 is 21.1 Å². The van der Waals surface area contributed by atoms with Gasteiger partial charge < -0.3 is 26.0 Å². The standard InChI is InChI=1S/C18H28N4O3/c1-25-16-7-3-2-6-15(16)21-18(24)20-10-4-5-11-22-12-8-14(9-13-22)17(19)23/h2-3,6-7,14H,4-5,8-13H2,1H3,(H2,19,23)(H2,20,21,24). The highest BCUT2D eigenvalue weighted by atomic mass is 16.5. The van der Waals surface area contributed by atoms with E-state index in [9.17, 15) is 9.59 Å². The molecule has 25 heavy (non-hydrogen) atoms. The van der Waals surface area contributed by atoms with Crippen molar-refractivity contribution in [3.63, 3.8) is 0 Å². The van der Waals surface area contributed by atoms with Gasteiger partial charge in [-0.15, -0.1) is 0 Å². The molecule has 0 saturated carbocycles. The van der Waals surface area contributed by atoms with Crippen molar-refractivity contribution in [3.8, 4) is 5.75 Å². The molecule has 2 rings (SSSR count). The zero-order valence-corrected chi connectivity index (χ0v) is 14.8. The van der Waals surface area contributed by atoms with Crippen LogP contribution in [0.1, 0.15) is 25.7 Å². The van der Waals surface area contributed by atoms with Crippen molar-refractivity contribution in [2.24, 2.45) is 11.7 Å². The van der Waals surface area contributed by atoms with Gasteiger partial charge in [0.15, 0.2) is 0 Å². The van der Waals surface area contributed by atoms with Crippen LogP contribution in [0.25, 0.3) is 0 Å². The number of unbranched alkanes of at least 4 members (excludes halogenated alkanes) is 1. The van der Waals surface area contributed by atoms with E-state index in [2.05, 4.69) is 15.5 Å². The number of urea groups is 1. The first-order valence-corrected chi connectivity index (χ1v) is 8.79. The Kier molecular flexibility index (Phi) is 7.53. The molecule has 3 amide bonds. The fourth-order valence-electron chi connectivity index (χ4n) is 3.02. The summed E-state index contributed by atoms with van der Waals surface area (Å²) in [7, 11) is 1.57. The largest absolute Gasteiger partial charge is 0.495 e. The van der Waals surface area contributed by atoms with Gasteiger partial charge in [-0.1, -0.05) is 12.1 Å². The lowest BCUT2D eigenvalue weighted by Gasteiger charge is -2.30. The molecule has 1 aromatic carbocycles. The van der Waals surface area contributed by atoms with Crippen LogP contribution in [0.3, 0.4) is 0 Å². The Hall–Kier alpha value is -2.28. The van der Waals surface area contributed by atoms with E-state index in [1.54, 1.807) is 19.2 Å². The zero-order valence-electron chi connectivity index (χ0n) is 14.8. The van der Waals surface area contributed by atoms with E-state index in [1.807, 2.05) is 12.1 Å². The SMILES string of the molecule is COc1ccccc1NC(=O)NCCCCN1CCC(C(N)=O)CC1. The lowest BCUT2D eigenvalue weighted by molar-refractivity contribution is -0.123. The predicted octanol–water partition coefficient (Wildman–Crippen LogP) is 1.79. The summed E-state index contributed by atoms with van der Waals surface area (Å²) in [6.45, 7) is 3.46. The molecule has 1 fully saturated rings. The molecule has 4 N–H and O–H groups in total. The van der Waals surface area contributed by atoms with Crippen LogP contribution in [-0.4, -0.2) is 50.1 Å². The van der Waals surface area contributed by atoms with Crippen molar-refractivity contribution in [2.75, 3.05) is 38.6 Å². The summed E-state index contributed by atoms with van der Waals surface area (Å²) in [5.74, 6) is 0.499. The molecule has 1 saturated heterocycles. The number of primary amides is 1. The average Bonchev–Trinajstić information content (AvgIpc) is 2.62. The van der Waals surface area contributed by atoms with Gasteiger partial charge in [-0.25, -0.2) is 4.79 Å². The van der Waals surface area contributed by atoms with E-state index in [4.69, 9.17) is 10.5 Å². The third kappa shape index (κ3) is 6.26. The maximum atomic E-state index is 11.9. The summed E-state index contributed by atoms with van der Waals surface area (Å²) in [5, 5.41) is 5.64. The molecular formula is C18H28N4O3. The molecule has 0 spiro atoms. The molecule has 1 aromatic rings. The van der Waals surface area contributed by atoms with Gasteiger partial charge in [0.05, 0.1) is 12.8 Å². The number of likely N-dealkylation sites (tertiary alicyclic amines) is 1. The van der Waals surface area contributed by atoms with E-state index in [0.29, 0.717) is 18.0 Å². The number of anilines is 1. The maximum Gasteiger partial charge on any atom is 0.319 e. The molecule has 1 aliphatic rings. The number of nitrogens with two attached hydrogens (primary N) is 1. The zero-order chi connectivity index (χ0) is 18.1. The lowest BCUT2D eigenvalue weighted by atomic mass is 9.96. The summed E-state index contributed by atoms with van der Waals surface area (Å²) in [6.07, 6.45) is 3.63. The van der Waals surface area contributed by atoms with Crippen LogP contribution in [0.4, 0.5) is 10.5 Å². The fraction of sp³-hybridized carbons (Fsp3) is 0.556. The number of hydrogen-bond acceptors (Lipinski definition) is 4. The van der Waals surface area contributed by atoms with Crippen molar-refractivity contribution < 1.29 is 14.3 Å². The van der Waals surface area contributed by atoms with E-state index in [-0.39, 0.29) is 17.9 Å². The highest BCUT2D eigenvalue weighted by molar-refractivity contribution is 5.90. The quantitative estimate of drug-likeness (QED) is 0.624. The first kappa shape index (κ1) is 19.1. The van der Waals surface area contributed by atoms with Crippen molar-refractivity contribution >= 4 is 17.6 Å². The van der Waals surface area contributed by atoms with Crippen molar-refractivity contribution in [1.29, 1.82) is 0 Å². The minimum absolute atomic E-state index is 0.0385. The minimum Gasteiger partial charge on any atom is -0.495 e. The minimum atomic E-state index is -0.230. The number of rotatable bonds is 8. The molecule has 0 bridgehead atoms. The molecule has 7 heteroatoms. The fourth-order valence-corrected chi connectivity index (χ4v) is 3.02. The number of amides is 3. The summed E-state index contributed by atoms with van der Waals surface area (Å²) in [6, 6.07) is 7.07. The molecule has 0 aliphatic carbocycles. The molecule has 1 aliphatic heterocycles. The van der Waals surface area contributed by atoms with Gasteiger partial charge in [0.25, 0.3) is 0 Å². The summed E-state index contributed by atoms with van der Waals surface area (Å²) >= 11 is 0. The Morgan fingerprint density at radius 3 is 2.64 bits per heavy atom. The number of nitrogens with one attached hydrogen (secondary N) is 2. The molecule has 7 nitrogen and oxygen atoms in total. The monoisotopic (exact) mass is 348 g/mol. The predicted molar refractivity (Wildman–Crippen MR) is 97.6 cm³/mol. The Labute approximate surface area is 148 Å². The Morgan fingerprint density at radius 1 is 1.24 bits per heavy atom. The van der Waals surface area contributed by atoms with Crippen LogP contribution in [-0.2, 0) is 4.79 Å². The number of para-hydroxylation sites is 2. The second-order valence-corrected chi connectivity index (χ2v) is 6.31. The van der Waals surface area contributed by atoms with Crippen LogP contribution >= 0.6 is 0 Å². The van der Waals surface area contributed by atoms with Crippen LogP contribution in [0.5, 0.6) is 5.75 Å². The number of carbonyl (C=O) groups excluding carboxylic acids is 2. The topological polar surface area (TPSA) is 96.7 Å². The summed E-state index contributed by atoms with van der Waals surface area (Å²) < 4.78 is 5.20. The van der Waals surface area contributed by atoms with Crippen molar-refractivity contribution in [2.45, 2.75) is 25.7 Å². The molecule has 0 atom stereocenters. The highest BCUT2D eigenvalue weighted by Crippen LogP contribution is 2.22. The van der Waals surface area contributed by atoms with E-state index < -0.39 is 0 Å². The number of benzene rings is 1. The van der Waals surface area contributed by atoms with E-state index in [1.165, 1.54) is 0 Å². The Morgan fingerprint density at radius 2 is 1.96 bits per heavy atom. The summed E-state index contributed by atoms with van der Waals surface area (Å²) in [5.41, 5.74) is 6.00. The number of methoxy groups -OCH3 is 1. The first-order chi connectivity index (χ1) is 12.1. The van der Waals surface area contributed by atoms with Gasteiger partial charge in [0.2, 0.25) is 5.91 Å². The van der Waals surface area contributed by atoms with Gasteiger partial charge in [-0.2, -0.15) is 0 Å². The van der Waals surface area contributed by atoms with E-state index >= 15 is 0 Å². The van der Waals surface area contributed by atoms with Gasteiger partial charge in [-0.3, -0.25) is 4.79 Å². The highest BCUT2D eigenvalue weighted by Gasteiger charge is 2.22. The number of hydrogen-bond donors (Lipinski definition) is 3. The Bertz CT molecular complexity index is 571. The van der Waals surface area contributed by atoms with Crippen LogP contribution in [0, 0.1) is 5.92 Å². The van der Waals surface area contributed by atoms with E-state index in [0.717, 1.165) is 45.3 Å². The number of nitrogens with zero attached hydrogens (tertiary/aromatic N) is 1. The molecule has 138 valence electrons. The summed E-state index contributed by atoms with van der Waals surface area (Å²) in [4.78, 5) is 25.4. The van der Waals surface area contributed by atoms with Crippen LogP contribution in [0.2, 0.25) is 0 Å². The number of carbonyl (C=O) groups is 2. The smallest absolute Gasteiger partial charge is 0.319 e. The Balaban J connectivity index is 1.57. The second kappa shape index (κ2) is 9.88. The normalized spacial score (nSPS) is 15.6. The molecule has 0 aromatic heterocycles. The van der Waals surface area contributed by atoms with Gasteiger partial charge in [-0.05, 0) is 57.5 Å². The van der Waals surface area contributed by atoms with Gasteiger partial charge in [0.1, 0.15) is 5.75 Å². The molecule has 0 radical (unpaired) electrons. The van der Waals surface area contributed by atoms with Gasteiger partial charge >= 0.3 is 6.03 Å².